The zero-order valence-corrected chi connectivity index (χ0v) is 67.5. The van der Waals surface area contributed by atoms with Gasteiger partial charge < -0.3 is 101 Å². The normalized spacial score (nSPS) is 12.3. The molecule has 113 heavy (non-hydrogen) atoms. The van der Waals surface area contributed by atoms with E-state index in [9.17, 15) is 82.4 Å². The zero-order chi connectivity index (χ0) is 83.4. The summed E-state index contributed by atoms with van der Waals surface area (Å²) in [5.41, 5.74) is 0. The van der Waals surface area contributed by atoms with Crippen molar-refractivity contribution in [3.8, 4) is 0 Å². The highest BCUT2D eigenvalue weighted by Gasteiger charge is 2.25. The zero-order valence-electron chi connectivity index (χ0n) is 67.5. The van der Waals surface area contributed by atoms with Crippen molar-refractivity contribution >= 4 is 82.6 Å². The van der Waals surface area contributed by atoms with E-state index < -0.39 is 53.9 Å². The molecule has 0 aromatic rings. The van der Waals surface area contributed by atoms with Crippen molar-refractivity contribution < 1.29 is 131 Å². The largest absolute Gasteiger partial charge is 0.481 e. The van der Waals surface area contributed by atoms with Crippen LogP contribution in [0.15, 0.2) is 0 Å². The number of amides is 6. The Morgan fingerprint density at radius 1 is 0.248 bits per heavy atom. The van der Waals surface area contributed by atoms with E-state index >= 15 is 0 Å². The molecule has 0 aliphatic heterocycles. The number of aliphatic carboxylic acids is 5. The average molecular weight is 1620 g/mol. The lowest BCUT2D eigenvalue weighted by Gasteiger charge is -2.17. The van der Waals surface area contributed by atoms with Crippen molar-refractivity contribution in [1.82, 2.24) is 37.2 Å². The molecular weight excluding hydrogens is 1480 g/mol. The predicted molar refractivity (Wildman–Crippen MR) is 417 cm³/mol. The van der Waals surface area contributed by atoms with E-state index in [1.807, 2.05) is 0 Å². The Bertz CT molecular complexity index is 2610. The SMILES string of the molecule is CN[C@@H](CCCCNC(=O)COCCOCCCC(=O)COCCOCCNC(=O)CC[C@H](NC(=O)CCCCCCCCCCCCC(=O)O)C(=O)O)C(=O)CC[C@@H](CCCCNC(=O)COCCOCCNC(=O)COCCOCCCC(=O)CC[C@H](NC(=O)CCCCCCCCCCCCC(=O)O)C(=O)O)C(=O)O. The molecule has 12 N–H and O–H groups in total. The van der Waals surface area contributed by atoms with Crippen molar-refractivity contribution in [3.63, 3.8) is 0 Å². The van der Waals surface area contributed by atoms with Crippen molar-refractivity contribution in [2.24, 2.45) is 5.92 Å². The molecule has 34 heteroatoms. The molecule has 0 aromatic carbocycles. The maximum absolute atomic E-state index is 13.0. The van der Waals surface area contributed by atoms with E-state index in [4.69, 9.17) is 48.1 Å². The van der Waals surface area contributed by atoms with Crippen molar-refractivity contribution in [1.29, 1.82) is 0 Å². The van der Waals surface area contributed by atoms with Crippen molar-refractivity contribution in [2.45, 2.75) is 275 Å². The first-order valence-corrected chi connectivity index (χ1v) is 41.2. The minimum absolute atomic E-state index is 0.00368. The molecule has 0 spiro atoms. The number of Topliss-reactive ketones (excluding diaryl/α,β-unsaturated/α-hetero) is 3. The third kappa shape index (κ3) is 72.3. The number of rotatable bonds is 86. The summed E-state index contributed by atoms with van der Waals surface area (Å²) in [6.45, 7) is 2.77. The Hall–Kier alpha value is -7.18. The van der Waals surface area contributed by atoms with E-state index in [1.165, 1.54) is 0 Å². The monoisotopic (exact) mass is 1620 g/mol. The van der Waals surface area contributed by atoms with Gasteiger partial charge in [-0.25, -0.2) is 9.59 Å². The number of hydrogen-bond acceptors (Lipinski definition) is 23. The number of carbonyl (C=O) groups excluding carboxylic acids is 9. The maximum Gasteiger partial charge on any atom is 0.326 e. The van der Waals surface area contributed by atoms with E-state index in [0.29, 0.717) is 96.7 Å². The van der Waals surface area contributed by atoms with Crippen LogP contribution in [0.5, 0.6) is 0 Å². The Labute approximate surface area is 667 Å². The van der Waals surface area contributed by atoms with Crippen LogP contribution in [0.25, 0.3) is 0 Å². The minimum Gasteiger partial charge on any atom is -0.481 e. The van der Waals surface area contributed by atoms with Gasteiger partial charge >= 0.3 is 29.8 Å². The maximum atomic E-state index is 13.0. The van der Waals surface area contributed by atoms with Gasteiger partial charge in [0.15, 0.2) is 5.78 Å². The number of carbonyl (C=O) groups is 14. The second-order valence-electron chi connectivity index (χ2n) is 28.1. The lowest BCUT2D eigenvalue weighted by atomic mass is 9.93. The Balaban J connectivity index is 3.87. The van der Waals surface area contributed by atoms with Gasteiger partial charge in [-0.05, 0) is 96.9 Å². The lowest BCUT2D eigenvalue weighted by molar-refractivity contribution is -0.143. The molecule has 0 saturated heterocycles. The van der Waals surface area contributed by atoms with E-state index in [2.05, 4.69) is 37.2 Å². The minimum atomic E-state index is -1.21. The second kappa shape index (κ2) is 76.1. The Kier molecular flexibility index (Phi) is 71.3. The Morgan fingerprint density at radius 3 is 0.991 bits per heavy atom. The number of nitrogens with one attached hydrogen (secondary N) is 7. The average Bonchev–Trinajstić information content (AvgIpc) is 0.927. The highest BCUT2D eigenvalue weighted by atomic mass is 16.5. The van der Waals surface area contributed by atoms with E-state index in [1.54, 1.807) is 7.05 Å². The summed E-state index contributed by atoms with van der Waals surface area (Å²) in [5.74, 6) is -8.10. The molecule has 34 nitrogen and oxygen atoms in total. The number of ether oxygens (including phenoxy) is 8. The quantitative estimate of drug-likeness (QED) is 0.0289. The number of ketones is 3. The molecule has 0 fully saturated rings. The summed E-state index contributed by atoms with van der Waals surface area (Å²) >= 11 is 0. The number of carboxylic acids is 5. The molecule has 0 rings (SSSR count). The molecule has 0 radical (unpaired) electrons. The topological polar surface area (TPSA) is 498 Å². The van der Waals surface area contributed by atoms with Crippen LogP contribution >= 0.6 is 0 Å². The van der Waals surface area contributed by atoms with Crippen LogP contribution in [0.3, 0.4) is 0 Å². The molecule has 0 heterocycles. The standard InChI is InChI=1S/C79H139N7O27/c1-80-65(31-23-25-43-82-73(94)59-111-55-51-107-47-27-30-64(88)58-110-54-52-108-48-44-83-69(90)41-39-67(79(104)105)86-71(92)33-19-15-11-7-3-5-9-13-17-21-35-76(98)99)68(89)40-36-62(77(100)101)28-22-24-42-81-72(93)60-113-57-53-109-49-45-84-74(95)61-112-56-50-106-46-26-29-63(87)37-38-66(78(102)103)85-70(91)32-18-14-10-6-2-4-8-12-16-20-34-75(96)97/h62,65-67,80H,2-61H2,1H3,(H,81,93)(H,82,94)(H,83,90)(H,84,95)(H,85,91)(H,86,92)(H,96,97)(H,98,99)(H,100,101)(H,102,103)(H,104,105)/t62-,65+,66+,67+/m1/s1. The van der Waals surface area contributed by atoms with Gasteiger partial charge in [0.25, 0.3) is 0 Å². The molecule has 0 saturated carbocycles. The van der Waals surface area contributed by atoms with Crippen LogP contribution in [-0.4, -0.2) is 265 Å². The first kappa shape index (κ1) is 106. The van der Waals surface area contributed by atoms with Gasteiger partial charge in [0.05, 0.1) is 78.0 Å². The van der Waals surface area contributed by atoms with Gasteiger partial charge in [-0.3, -0.25) is 57.5 Å². The lowest BCUT2D eigenvalue weighted by Crippen LogP contribution is -2.41. The van der Waals surface area contributed by atoms with Gasteiger partial charge in [-0.1, -0.05) is 109 Å². The number of likely N-dealkylation sites (N-methyl/N-ethyl adjacent to an activating group) is 1. The van der Waals surface area contributed by atoms with E-state index in [0.717, 1.165) is 103 Å². The second-order valence-corrected chi connectivity index (χ2v) is 28.1. The summed E-state index contributed by atoms with van der Waals surface area (Å²) in [6, 6.07) is -2.79. The van der Waals surface area contributed by atoms with Crippen molar-refractivity contribution in [2.75, 3.05) is 139 Å². The first-order chi connectivity index (χ1) is 54.5. The summed E-state index contributed by atoms with van der Waals surface area (Å²) in [6.07, 6.45) is 24.4. The summed E-state index contributed by atoms with van der Waals surface area (Å²) in [5, 5.41) is 65.2. The summed E-state index contributed by atoms with van der Waals surface area (Å²) < 4.78 is 43.3. The highest BCUT2D eigenvalue weighted by Crippen LogP contribution is 2.19. The fourth-order valence-electron chi connectivity index (χ4n) is 11.6. The first-order valence-electron chi connectivity index (χ1n) is 41.2. The van der Waals surface area contributed by atoms with Gasteiger partial charge in [-0.15, -0.1) is 0 Å². The van der Waals surface area contributed by atoms with Crippen molar-refractivity contribution in [3.05, 3.63) is 0 Å². The van der Waals surface area contributed by atoms with Gasteiger partial charge in [0, 0.05) is 97.2 Å². The number of hydrogen-bond donors (Lipinski definition) is 12. The third-order valence-corrected chi connectivity index (χ3v) is 18.2. The number of carboxylic acid groups (broad SMARTS) is 5. The van der Waals surface area contributed by atoms with Crippen LogP contribution in [0, 0.1) is 5.92 Å². The molecular formula is C79H139N7O27. The number of unbranched alkanes of at least 4 members (excludes halogenated alkanes) is 20. The molecule has 6 amide bonds. The highest BCUT2D eigenvalue weighted by molar-refractivity contribution is 5.86. The van der Waals surface area contributed by atoms with Crippen LogP contribution in [-0.2, 0) is 105 Å². The molecule has 0 bridgehead atoms. The van der Waals surface area contributed by atoms with Crippen LogP contribution in [0.4, 0.5) is 0 Å². The Morgan fingerprint density at radius 2 is 0.593 bits per heavy atom. The summed E-state index contributed by atoms with van der Waals surface area (Å²) in [7, 11) is 1.67. The van der Waals surface area contributed by atoms with Gasteiger partial charge in [0.2, 0.25) is 35.4 Å². The fraction of sp³-hybridized carbons (Fsp3) is 0.823. The van der Waals surface area contributed by atoms with Crippen LogP contribution in [0.1, 0.15) is 257 Å². The molecule has 652 valence electrons. The smallest absolute Gasteiger partial charge is 0.326 e. The van der Waals surface area contributed by atoms with Gasteiger partial charge in [-0.2, -0.15) is 0 Å². The molecule has 4 atom stereocenters. The van der Waals surface area contributed by atoms with Gasteiger partial charge in [0.1, 0.15) is 50.1 Å². The van der Waals surface area contributed by atoms with Crippen LogP contribution in [0.2, 0.25) is 0 Å². The molecule has 0 aromatic heterocycles. The molecule has 0 unspecified atom stereocenters. The van der Waals surface area contributed by atoms with Crippen LogP contribution < -0.4 is 37.2 Å². The molecule has 0 aliphatic carbocycles. The fourth-order valence-corrected chi connectivity index (χ4v) is 11.6. The predicted octanol–water partition coefficient (Wildman–Crippen LogP) is 6.49. The summed E-state index contributed by atoms with van der Waals surface area (Å²) in [4.78, 5) is 168. The van der Waals surface area contributed by atoms with E-state index in [-0.39, 0.29) is 242 Å². The molecule has 0 aliphatic rings. The third-order valence-electron chi connectivity index (χ3n) is 18.2.